The van der Waals surface area contributed by atoms with Gasteiger partial charge in [0.15, 0.2) is 0 Å². The van der Waals surface area contributed by atoms with Crippen molar-refractivity contribution in [2.75, 3.05) is 7.05 Å². The summed E-state index contributed by atoms with van der Waals surface area (Å²) in [6.45, 7) is 2.31. The molecule has 19 heavy (non-hydrogen) atoms. The first kappa shape index (κ1) is 12.7. The largest absolute Gasteiger partial charge is 0.315 e. The van der Waals surface area contributed by atoms with Crippen LogP contribution in [0.4, 0.5) is 0 Å². The number of para-hydroxylation sites is 1. The molecule has 0 amide bonds. The average Bonchev–Trinajstić information content (AvgIpc) is 2.90. The molecule has 0 spiro atoms. The number of nitrogens with zero attached hydrogens (tertiary/aromatic N) is 2. The fourth-order valence-electron chi connectivity index (χ4n) is 3.47. The Kier molecular flexibility index (Phi) is 3.56. The van der Waals surface area contributed by atoms with E-state index in [4.69, 9.17) is 0 Å². The minimum atomic E-state index is 0.489. The van der Waals surface area contributed by atoms with Crippen LogP contribution in [0.25, 0.3) is 10.9 Å². The highest BCUT2D eigenvalue weighted by molar-refractivity contribution is 5.78. The molecule has 102 valence electrons. The summed E-state index contributed by atoms with van der Waals surface area (Å²) in [5.74, 6) is 0.845. The maximum absolute atomic E-state index is 4.66. The normalized spacial score (nSPS) is 27.8. The van der Waals surface area contributed by atoms with Gasteiger partial charge in [-0.05, 0) is 38.3 Å². The van der Waals surface area contributed by atoms with Gasteiger partial charge in [0.25, 0.3) is 0 Å². The number of likely N-dealkylation sites (N-methyl/N-ethyl adjacent to an activating group) is 1. The van der Waals surface area contributed by atoms with Crippen LogP contribution in [0.3, 0.4) is 0 Å². The zero-order valence-electron chi connectivity index (χ0n) is 11.8. The Morgan fingerprint density at radius 2 is 2.16 bits per heavy atom. The number of fused-ring (bicyclic) bond motifs is 1. The lowest BCUT2D eigenvalue weighted by molar-refractivity contribution is 0.201. The molecule has 1 aliphatic rings. The summed E-state index contributed by atoms with van der Waals surface area (Å²) >= 11 is 0. The Bertz CT molecular complexity index is 546. The van der Waals surface area contributed by atoms with Crippen LogP contribution in [0, 0.1) is 5.92 Å². The highest BCUT2D eigenvalue weighted by Crippen LogP contribution is 2.35. The van der Waals surface area contributed by atoms with Gasteiger partial charge in [-0.25, -0.2) is 0 Å². The van der Waals surface area contributed by atoms with Crippen LogP contribution < -0.4 is 5.32 Å². The van der Waals surface area contributed by atoms with E-state index >= 15 is 0 Å². The van der Waals surface area contributed by atoms with Gasteiger partial charge in [-0.1, -0.05) is 31.5 Å². The Morgan fingerprint density at radius 1 is 1.32 bits per heavy atom. The molecule has 3 nitrogen and oxygen atoms in total. The van der Waals surface area contributed by atoms with E-state index in [2.05, 4.69) is 53.3 Å². The van der Waals surface area contributed by atoms with Crippen LogP contribution in [0.5, 0.6) is 0 Å². The van der Waals surface area contributed by atoms with Crippen molar-refractivity contribution < 1.29 is 0 Å². The van der Waals surface area contributed by atoms with Gasteiger partial charge in [-0.15, -0.1) is 0 Å². The van der Waals surface area contributed by atoms with Crippen molar-refractivity contribution in [1.82, 2.24) is 15.1 Å². The summed E-state index contributed by atoms with van der Waals surface area (Å²) in [6.07, 6.45) is 7.13. The molecule has 1 saturated carbocycles. The molecule has 0 radical (unpaired) electrons. The smallest absolute Gasteiger partial charge is 0.0686 e. The first-order chi connectivity index (χ1) is 9.33. The second-order valence-corrected chi connectivity index (χ2v) is 5.70. The summed E-state index contributed by atoms with van der Waals surface area (Å²) < 4.78 is 2.25. The average molecular weight is 257 g/mol. The number of hydrogen-bond acceptors (Lipinski definition) is 2. The van der Waals surface area contributed by atoms with E-state index in [1.807, 2.05) is 6.20 Å². The van der Waals surface area contributed by atoms with Gasteiger partial charge in [0.1, 0.15) is 0 Å². The summed E-state index contributed by atoms with van der Waals surface area (Å²) in [5.41, 5.74) is 1.27. The molecule has 0 aliphatic heterocycles. The van der Waals surface area contributed by atoms with Crippen LogP contribution in [0.15, 0.2) is 30.5 Å². The van der Waals surface area contributed by atoms with Gasteiger partial charge in [0.05, 0.1) is 17.8 Å². The van der Waals surface area contributed by atoms with Crippen LogP contribution in [-0.2, 0) is 0 Å². The maximum atomic E-state index is 4.66. The van der Waals surface area contributed by atoms with Crippen molar-refractivity contribution in [3.63, 3.8) is 0 Å². The molecule has 3 atom stereocenters. The third-order valence-electron chi connectivity index (χ3n) is 4.69. The van der Waals surface area contributed by atoms with Gasteiger partial charge in [0, 0.05) is 11.4 Å². The fraction of sp³-hybridized carbons (Fsp3) is 0.562. The zero-order chi connectivity index (χ0) is 13.2. The fourth-order valence-corrected chi connectivity index (χ4v) is 3.47. The van der Waals surface area contributed by atoms with Crippen LogP contribution in [-0.4, -0.2) is 22.9 Å². The van der Waals surface area contributed by atoms with Gasteiger partial charge in [-0.3, -0.25) is 4.68 Å². The number of hydrogen-bond donors (Lipinski definition) is 1. The Hall–Kier alpha value is -1.35. The van der Waals surface area contributed by atoms with E-state index in [0.29, 0.717) is 12.1 Å². The van der Waals surface area contributed by atoms with E-state index < -0.39 is 0 Å². The van der Waals surface area contributed by atoms with Crippen molar-refractivity contribution in [2.24, 2.45) is 5.92 Å². The lowest BCUT2D eigenvalue weighted by Gasteiger charge is -2.36. The topological polar surface area (TPSA) is 29.9 Å². The van der Waals surface area contributed by atoms with Crippen molar-refractivity contribution >= 4 is 10.9 Å². The molecule has 0 saturated heterocycles. The van der Waals surface area contributed by atoms with E-state index in [9.17, 15) is 0 Å². The molecule has 1 fully saturated rings. The van der Waals surface area contributed by atoms with Crippen LogP contribution in [0.1, 0.15) is 38.6 Å². The second-order valence-electron chi connectivity index (χ2n) is 5.70. The van der Waals surface area contributed by atoms with E-state index in [0.717, 1.165) is 5.92 Å². The lowest BCUT2D eigenvalue weighted by Crippen LogP contribution is -2.40. The summed E-state index contributed by atoms with van der Waals surface area (Å²) in [5, 5.41) is 9.40. The van der Waals surface area contributed by atoms with Gasteiger partial charge >= 0.3 is 0 Å². The van der Waals surface area contributed by atoms with Crippen molar-refractivity contribution in [3.05, 3.63) is 30.5 Å². The molecule has 3 unspecified atom stereocenters. The first-order valence-corrected chi connectivity index (χ1v) is 7.43. The van der Waals surface area contributed by atoms with Crippen molar-refractivity contribution in [3.8, 4) is 0 Å². The number of aromatic nitrogens is 2. The molecule has 2 aromatic rings. The predicted octanol–water partition coefficient (Wildman–Crippen LogP) is 3.38. The molecule has 1 aromatic carbocycles. The lowest BCUT2D eigenvalue weighted by atomic mass is 9.81. The molecule has 1 aromatic heterocycles. The highest BCUT2D eigenvalue weighted by Gasteiger charge is 2.31. The molecule has 3 rings (SSSR count). The number of nitrogens with one attached hydrogen (secondary N) is 1. The Balaban J connectivity index is 1.97. The Morgan fingerprint density at radius 3 is 2.95 bits per heavy atom. The highest BCUT2D eigenvalue weighted by atomic mass is 15.3. The van der Waals surface area contributed by atoms with E-state index in [1.165, 1.54) is 36.6 Å². The van der Waals surface area contributed by atoms with Gasteiger partial charge < -0.3 is 5.32 Å². The zero-order valence-corrected chi connectivity index (χ0v) is 11.8. The minimum absolute atomic E-state index is 0.489. The Labute approximate surface area is 115 Å². The first-order valence-electron chi connectivity index (χ1n) is 7.43. The molecule has 0 bridgehead atoms. The number of benzene rings is 1. The standard InChI is InChI=1S/C16H23N3/c1-3-12-8-9-14(17-2)16(10-12)19-15-7-5-4-6-13(15)11-18-19/h4-7,11-12,14,16-17H,3,8-10H2,1-2H3. The monoisotopic (exact) mass is 257 g/mol. The summed E-state index contributed by atoms with van der Waals surface area (Å²) in [6, 6.07) is 9.56. The molecular formula is C16H23N3. The quantitative estimate of drug-likeness (QED) is 0.913. The van der Waals surface area contributed by atoms with Crippen LogP contribution in [0.2, 0.25) is 0 Å². The third-order valence-corrected chi connectivity index (χ3v) is 4.69. The molecule has 1 aliphatic carbocycles. The minimum Gasteiger partial charge on any atom is -0.315 e. The van der Waals surface area contributed by atoms with E-state index in [1.54, 1.807) is 0 Å². The van der Waals surface area contributed by atoms with Crippen LogP contribution >= 0.6 is 0 Å². The molecule has 1 N–H and O–H groups in total. The molecule has 1 heterocycles. The third kappa shape index (κ3) is 2.27. The second kappa shape index (κ2) is 5.33. The number of rotatable bonds is 3. The maximum Gasteiger partial charge on any atom is 0.0686 e. The van der Waals surface area contributed by atoms with Crippen molar-refractivity contribution in [1.29, 1.82) is 0 Å². The summed E-state index contributed by atoms with van der Waals surface area (Å²) in [7, 11) is 2.08. The van der Waals surface area contributed by atoms with Gasteiger partial charge in [0.2, 0.25) is 0 Å². The van der Waals surface area contributed by atoms with Crippen molar-refractivity contribution in [2.45, 2.75) is 44.7 Å². The van der Waals surface area contributed by atoms with Gasteiger partial charge in [-0.2, -0.15) is 5.10 Å². The molecule has 3 heteroatoms. The predicted molar refractivity (Wildman–Crippen MR) is 79.2 cm³/mol. The summed E-state index contributed by atoms with van der Waals surface area (Å²) in [4.78, 5) is 0. The molecular weight excluding hydrogens is 234 g/mol. The van der Waals surface area contributed by atoms with E-state index in [-0.39, 0.29) is 0 Å². The SMILES string of the molecule is CCC1CCC(NC)C(n2ncc3ccccc32)C1.